The van der Waals surface area contributed by atoms with Gasteiger partial charge in [-0.1, -0.05) is 24.3 Å². The Balaban J connectivity index is 1.59. The van der Waals surface area contributed by atoms with E-state index in [0.717, 1.165) is 5.69 Å². The zero-order valence-electron chi connectivity index (χ0n) is 16.7. The molecule has 2 aromatic carbocycles. The zero-order valence-corrected chi connectivity index (χ0v) is 16.7. The Hall–Kier alpha value is -4.46. The van der Waals surface area contributed by atoms with Crippen molar-refractivity contribution in [2.75, 3.05) is 0 Å². The van der Waals surface area contributed by atoms with Crippen LogP contribution in [0.1, 0.15) is 5.56 Å². The summed E-state index contributed by atoms with van der Waals surface area (Å²) >= 11 is 0. The molecule has 0 fully saturated rings. The molecule has 0 saturated carbocycles. The Morgan fingerprint density at radius 1 is 0.742 bits per heavy atom. The number of nitrogens with zero attached hydrogens (tertiary/aromatic N) is 5. The van der Waals surface area contributed by atoms with Crippen LogP contribution in [0.3, 0.4) is 0 Å². The van der Waals surface area contributed by atoms with E-state index in [0.29, 0.717) is 22.6 Å². The first-order valence-corrected chi connectivity index (χ1v) is 9.53. The van der Waals surface area contributed by atoms with Crippen molar-refractivity contribution >= 4 is 22.7 Å². The molecule has 152 valence electrons. The first kappa shape index (κ1) is 19.8. The molecule has 0 amide bonds. The molecule has 8 heteroatoms. The van der Waals surface area contributed by atoms with Crippen molar-refractivity contribution in [2.45, 2.75) is 6.92 Å². The smallest absolute Gasteiger partial charge is 0.323 e. The van der Waals surface area contributed by atoms with Crippen molar-refractivity contribution < 1.29 is 9.67 Å². The fraction of sp³-hybridized carbons (Fsp3) is 0.0435. The molecule has 2 N–H and O–H groups in total. The predicted molar refractivity (Wildman–Crippen MR) is 116 cm³/mol. The van der Waals surface area contributed by atoms with Gasteiger partial charge in [0.1, 0.15) is 0 Å². The van der Waals surface area contributed by atoms with Crippen LogP contribution in [0.4, 0.5) is 22.7 Å². The van der Waals surface area contributed by atoms with E-state index in [1.165, 1.54) is 0 Å². The van der Waals surface area contributed by atoms with E-state index in [4.69, 9.17) is 0 Å². The minimum absolute atomic E-state index is 0.193. The van der Waals surface area contributed by atoms with Gasteiger partial charge in [0.2, 0.25) is 5.88 Å². The van der Waals surface area contributed by atoms with Crippen LogP contribution in [-0.4, -0.2) is 10.1 Å². The van der Waals surface area contributed by atoms with E-state index >= 15 is 0 Å². The number of aromatic amines is 1. The monoisotopic (exact) mass is 411 g/mol. The van der Waals surface area contributed by atoms with Gasteiger partial charge >= 0.3 is 5.56 Å². The third-order valence-electron chi connectivity index (χ3n) is 4.51. The lowest BCUT2D eigenvalue weighted by atomic mass is 10.2. The number of azo groups is 2. The largest absolute Gasteiger partial charge is 0.493 e. The third-order valence-corrected chi connectivity index (χ3v) is 4.51. The second-order valence-corrected chi connectivity index (χ2v) is 6.66. The first-order chi connectivity index (χ1) is 15.1. The highest BCUT2D eigenvalue weighted by atomic mass is 16.3. The summed E-state index contributed by atoms with van der Waals surface area (Å²) in [6.07, 6.45) is 3.50. The van der Waals surface area contributed by atoms with Crippen molar-refractivity contribution in [3.05, 3.63) is 101 Å². The minimum Gasteiger partial charge on any atom is -0.493 e. The maximum Gasteiger partial charge on any atom is 0.323 e. The summed E-state index contributed by atoms with van der Waals surface area (Å²) in [6, 6.07) is 21.9. The number of rotatable bonds is 5. The van der Waals surface area contributed by atoms with E-state index < -0.39 is 5.56 Å². The SMILES string of the molecule is Cc1c(N=Nc2ccc(N=Nc3ccccc3)cc2)c(O)[nH]c(=O)c1-[n+]1ccccc1. The van der Waals surface area contributed by atoms with Crippen molar-refractivity contribution in [3.8, 4) is 11.6 Å². The molecule has 0 spiro atoms. The normalized spacial score (nSPS) is 11.4. The topological polar surface area (TPSA) is 106 Å². The van der Waals surface area contributed by atoms with Crippen LogP contribution >= 0.6 is 0 Å². The van der Waals surface area contributed by atoms with Gasteiger partial charge in [-0.25, -0.2) is 0 Å². The Kier molecular flexibility index (Phi) is 5.70. The van der Waals surface area contributed by atoms with Crippen LogP contribution in [-0.2, 0) is 0 Å². The van der Waals surface area contributed by atoms with E-state index in [2.05, 4.69) is 25.4 Å². The highest BCUT2D eigenvalue weighted by Gasteiger charge is 2.21. The summed E-state index contributed by atoms with van der Waals surface area (Å²) in [5, 5.41) is 26.9. The molecule has 2 heterocycles. The fourth-order valence-corrected chi connectivity index (χ4v) is 2.97. The highest BCUT2D eigenvalue weighted by molar-refractivity contribution is 5.58. The molecule has 0 aliphatic carbocycles. The van der Waals surface area contributed by atoms with Crippen LogP contribution in [0.25, 0.3) is 5.69 Å². The molecule has 0 atom stereocenters. The number of benzene rings is 2. The van der Waals surface area contributed by atoms with Crippen molar-refractivity contribution in [2.24, 2.45) is 20.5 Å². The van der Waals surface area contributed by atoms with Gasteiger partial charge in [-0.2, -0.15) is 19.9 Å². The summed E-state index contributed by atoms with van der Waals surface area (Å²) in [4.78, 5) is 14.8. The first-order valence-electron chi connectivity index (χ1n) is 9.53. The minimum atomic E-state index is -0.418. The standard InChI is InChI=1S/C23H18N6O2/c1-16-20(22(30)24-23(31)21(16)29-14-6-3-7-15-29)28-27-19-12-10-18(11-13-19)26-25-17-8-4-2-5-9-17/h2-15H,1H3,(H-,24,25,27,30,31)/p+1. The van der Waals surface area contributed by atoms with Gasteiger partial charge in [0, 0.05) is 12.1 Å². The van der Waals surface area contributed by atoms with Gasteiger partial charge in [0.15, 0.2) is 18.1 Å². The van der Waals surface area contributed by atoms with Crippen LogP contribution in [0, 0.1) is 6.92 Å². The molecule has 0 aliphatic heterocycles. The molecule has 8 nitrogen and oxygen atoms in total. The predicted octanol–water partition coefficient (Wildman–Crippen LogP) is 5.50. The average Bonchev–Trinajstić information content (AvgIpc) is 2.79. The number of aromatic hydroxyl groups is 1. The van der Waals surface area contributed by atoms with E-state index in [1.807, 2.05) is 48.5 Å². The van der Waals surface area contributed by atoms with Gasteiger partial charge in [-0.15, -0.1) is 5.11 Å². The summed E-state index contributed by atoms with van der Waals surface area (Å²) in [7, 11) is 0. The number of pyridine rings is 2. The maximum atomic E-state index is 12.4. The van der Waals surface area contributed by atoms with E-state index in [1.54, 1.807) is 48.1 Å². The molecule has 0 aliphatic rings. The highest BCUT2D eigenvalue weighted by Crippen LogP contribution is 2.30. The number of aromatic nitrogens is 2. The van der Waals surface area contributed by atoms with Gasteiger partial charge in [-0.05, 0) is 43.3 Å². The molecular weight excluding hydrogens is 392 g/mol. The van der Waals surface area contributed by atoms with Crippen LogP contribution < -0.4 is 10.1 Å². The molecule has 4 aromatic rings. The zero-order chi connectivity index (χ0) is 21.6. The number of hydrogen-bond acceptors (Lipinski definition) is 6. The van der Waals surface area contributed by atoms with E-state index in [-0.39, 0.29) is 11.6 Å². The summed E-state index contributed by atoms with van der Waals surface area (Å²) < 4.78 is 1.67. The van der Waals surface area contributed by atoms with Crippen LogP contribution in [0.5, 0.6) is 5.88 Å². The van der Waals surface area contributed by atoms with Crippen LogP contribution in [0.2, 0.25) is 0 Å². The van der Waals surface area contributed by atoms with Gasteiger partial charge < -0.3 is 5.11 Å². The maximum absolute atomic E-state index is 12.4. The Morgan fingerprint density at radius 2 is 1.26 bits per heavy atom. The molecule has 31 heavy (non-hydrogen) atoms. The Labute approximate surface area is 177 Å². The molecule has 0 saturated heterocycles. The van der Waals surface area contributed by atoms with Crippen molar-refractivity contribution in [1.82, 2.24) is 4.98 Å². The molecule has 0 bridgehead atoms. The Bertz CT molecular complexity index is 1300. The number of hydrogen-bond donors (Lipinski definition) is 2. The van der Waals surface area contributed by atoms with Gasteiger partial charge in [0.25, 0.3) is 5.69 Å². The summed E-state index contributed by atoms with van der Waals surface area (Å²) in [6.45, 7) is 1.71. The molecule has 0 unspecified atom stereocenters. The Morgan fingerprint density at radius 3 is 1.87 bits per heavy atom. The molecule has 0 radical (unpaired) electrons. The second kappa shape index (κ2) is 8.91. The summed E-state index contributed by atoms with van der Waals surface area (Å²) in [5.41, 5.74) is 2.66. The van der Waals surface area contributed by atoms with Crippen molar-refractivity contribution in [1.29, 1.82) is 0 Å². The molecular formula is C23H19N6O2+. The average molecular weight is 411 g/mol. The lowest BCUT2D eigenvalue weighted by Crippen LogP contribution is -2.37. The summed E-state index contributed by atoms with van der Waals surface area (Å²) in [5.74, 6) is -0.334. The molecule has 2 aromatic heterocycles. The third kappa shape index (κ3) is 4.59. The lowest BCUT2D eigenvalue weighted by molar-refractivity contribution is -0.597. The fourth-order valence-electron chi connectivity index (χ4n) is 2.97. The second-order valence-electron chi connectivity index (χ2n) is 6.66. The lowest BCUT2D eigenvalue weighted by Gasteiger charge is -2.04. The van der Waals surface area contributed by atoms with Crippen LogP contribution in [0.15, 0.2) is 110 Å². The van der Waals surface area contributed by atoms with Gasteiger partial charge in [-0.3, -0.25) is 9.78 Å². The van der Waals surface area contributed by atoms with Crippen molar-refractivity contribution in [3.63, 3.8) is 0 Å². The quantitative estimate of drug-likeness (QED) is 0.334. The number of H-pyrrole nitrogens is 1. The molecule has 4 rings (SSSR count). The van der Waals surface area contributed by atoms with Gasteiger partial charge in [0.05, 0.1) is 22.6 Å². The van der Waals surface area contributed by atoms with E-state index in [9.17, 15) is 9.90 Å². The number of nitrogens with one attached hydrogen (secondary N) is 1.